The first-order valence-corrected chi connectivity index (χ1v) is 8.20. The van der Waals surface area contributed by atoms with Gasteiger partial charge in [0.25, 0.3) is 0 Å². The smallest absolute Gasteiger partial charge is 0.249 e. The van der Waals surface area contributed by atoms with Crippen molar-refractivity contribution < 1.29 is 14.1 Å². The molecule has 0 spiro atoms. The molecule has 1 atom stereocenters. The van der Waals surface area contributed by atoms with E-state index in [4.69, 9.17) is 4.52 Å². The van der Waals surface area contributed by atoms with Gasteiger partial charge in [-0.1, -0.05) is 24.2 Å². The number of rotatable bonds is 7. The molecule has 1 unspecified atom stereocenters. The summed E-state index contributed by atoms with van der Waals surface area (Å²) in [4.78, 5) is 24.5. The van der Waals surface area contributed by atoms with Gasteiger partial charge < -0.3 is 9.84 Å². The number of aromatic nitrogens is 1. The average molecular weight is 339 g/mol. The van der Waals surface area contributed by atoms with E-state index in [-0.39, 0.29) is 6.42 Å². The molecule has 6 heteroatoms. The second-order valence-electron chi connectivity index (χ2n) is 5.87. The second kappa shape index (κ2) is 8.25. The van der Waals surface area contributed by atoms with Crippen LogP contribution in [0.3, 0.4) is 0 Å². The van der Waals surface area contributed by atoms with Gasteiger partial charge in [0.1, 0.15) is 5.76 Å². The lowest BCUT2D eigenvalue weighted by Gasteiger charge is -2.10. The second-order valence-corrected chi connectivity index (χ2v) is 5.87. The standard InChI is InChI=1S/C19H21N3O3/c1-4-14-5-7-15(8-6-14)21-19(24)17(11-20)18(23)10-9-16-12(2)22-25-13(16)3/h5-8,17H,4,9-10H2,1-3H3,(H,21,24). The zero-order valence-corrected chi connectivity index (χ0v) is 14.6. The summed E-state index contributed by atoms with van der Waals surface area (Å²) in [6.45, 7) is 5.61. The van der Waals surface area contributed by atoms with Crippen LogP contribution in [0.4, 0.5) is 5.69 Å². The van der Waals surface area contributed by atoms with E-state index in [2.05, 4.69) is 10.5 Å². The molecule has 6 nitrogen and oxygen atoms in total. The van der Waals surface area contributed by atoms with Gasteiger partial charge in [-0.05, 0) is 44.4 Å². The highest BCUT2D eigenvalue weighted by Crippen LogP contribution is 2.17. The lowest BCUT2D eigenvalue weighted by molar-refractivity contribution is -0.128. The van der Waals surface area contributed by atoms with Gasteiger partial charge in [0.05, 0.1) is 11.8 Å². The number of carbonyl (C=O) groups is 2. The van der Waals surface area contributed by atoms with E-state index in [0.29, 0.717) is 17.9 Å². The Hall–Kier alpha value is -2.94. The summed E-state index contributed by atoms with van der Waals surface area (Å²) in [7, 11) is 0. The summed E-state index contributed by atoms with van der Waals surface area (Å²) in [5.41, 5.74) is 3.28. The highest BCUT2D eigenvalue weighted by atomic mass is 16.5. The van der Waals surface area contributed by atoms with E-state index in [0.717, 1.165) is 23.2 Å². The Labute approximate surface area is 146 Å². The maximum Gasteiger partial charge on any atom is 0.249 e. The van der Waals surface area contributed by atoms with E-state index in [1.54, 1.807) is 32.0 Å². The fraction of sp³-hybridized carbons (Fsp3) is 0.368. The minimum atomic E-state index is -1.33. The predicted octanol–water partition coefficient (Wildman–Crippen LogP) is 3.13. The summed E-state index contributed by atoms with van der Waals surface area (Å²) in [5.74, 6) is -1.69. The number of aryl methyl sites for hydroxylation is 3. The number of nitrogens with one attached hydrogen (secondary N) is 1. The quantitative estimate of drug-likeness (QED) is 0.782. The van der Waals surface area contributed by atoms with Crippen LogP contribution in [0, 0.1) is 31.1 Å². The van der Waals surface area contributed by atoms with E-state index >= 15 is 0 Å². The van der Waals surface area contributed by atoms with Crippen LogP contribution in [0.2, 0.25) is 0 Å². The van der Waals surface area contributed by atoms with Gasteiger partial charge in [-0.2, -0.15) is 5.26 Å². The van der Waals surface area contributed by atoms with Gasteiger partial charge in [-0.15, -0.1) is 0 Å². The summed E-state index contributed by atoms with van der Waals surface area (Å²) in [5, 5.41) is 15.7. The fourth-order valence-corrected chi connectivity index (χ4v) is 2.57. The van der Waals surface area contributed by atoms with Gasteiger partial charge in [0.15, 0.2) is 11.7 Å². The van der Waals surface area contributed by atoms with Crippen LogP contribution in [0.25, 0.3) is 0 Å². The van der Waals surface area contributed by atoms with Crippen molar-refractivity contribution in [1.29, 1.82) is 5.26 Å². The number of Topliss-reactive ketones (excluding diaryl/α,β-unsaturated/α-hetero) is 1. The maximum atomic E-state index is 12.3. The Morgan fingerprint density at radius 1 is 1.28 bits per heavy atom. The molecule has 0 aliphatic rings. The molecule has 1 amide bonds. The number of nitrogens with zero attached hydrogens (tertiary/aromatic N) is 2. The molecule has 0 radical (unpaired) electrons. The number of amides is 1. The van der Waals surface area contributed by atoms with Gasteiger partial charge in [0, 0.05) is 17.7 Å². The molecule has 2 aromatic rings. The Balaban J connectivity index is 1.98. The van der Waals surface area contributed by atoms with Crippen LogP contribution >= 0.6 is 0 Å². The average Bonchev–Trinajstić information content (AvgIpc) is 2.92. The minimum absolute atomic E-state index is 0.0866. The molecule has 1 aromatic carbocycles. The molecule has 1 N–H and O–H groups in total. The molecule has 0 fully saturated rings. The highest BCUT2D eigenvalue weighted by molar-refractivity contribution is 6.09. The number of ketones is 1. The summed E-state index contributed by atoms with van der Waals surface area (Å²) in [6.07, 6.45) is 1.38. The third-order valence-corrected chi connectivity index (χ3v) is 4.15. The third-order valence-electron chi connectivity index (χ3n) is 4.15. The van der Waals surface area contributed by atoms with Crippen LogP contribution in [0.15, 0.2) is 28.8 Å². The summed E-state index contributed by atoms with van der Waals surface area (Å²) >= 11 is 0. The molecular weight excluding hydrogens is 318 g/mol. The van der Waals surface area contributed by atoms with E-state index in [1.165, 1.54) is 0 Å². The zero-order valence-electron chi connectivity index (χ0n) is 14.6. The highest BCUT2D eigenvalue weighted by Gasteiger charge is 2.26. The first-order chi connectivity index (χ1) is 12.0. The van der Waals surface area contributed by atoms with Crippen LogP contribution in [-0.2, 0) is 22.4 Å². The zero-order chi connectivity index (χ0) is 18.4. The summed E-state index contributed by atoms with van der Waals surface area (Å²) < 4.78 is 5.05. The Morgan fingerprint density at radius 3 is 2.48 bits per heavy atom. The number of hydrogen-bond donors (Lipinski definition) is 1. The molecule has 0 aliphatic heterocycles. The molecule has 130 valence electrons. The Morgan fingerprint density at radius 2 is 1.96 bits per heavy atom. The van der Waals surface area contributed by atoms with Gasteiger partial charge in [-0.25, -0.2) is 0 Å². The van der Waals surface area contributed by atoms with E-state index in [1.807, 2.05) is 19.1 Å². The first-order valence-electron chi connectivity index (χ1n) is 8.20. The molecule has 1 heterocycles. The Bertz CT molecular complexity index is 781. The minimum Gasteiger partial charge on any atom is -0.361 e. The number of benzene rings is 1. The van der Waals surface area contributed by atoms with Crippen molar-refractivity contribution in [2.75, 3.05) is 5.32 Å². The van der Waals surface area contributed by atoms with Crippen LogP contribution in [0.1, 0.15) is 35.9 Å². The van der Waals surface area contributed by atoms with Crippen LogP contribution in [-0.4, -0.2) is 16.8 Å². The van der Waals surface area contributed by atoms with Crippen LogP contribution < -0.4 is 5.32 Å². The topological polar surface area (TPSA) is 96.0 Å². The molecule has 2 rings (SSSR count). The van der Waals surface area contributed by atoms with Crippen LogP contribution in [0.5, 0.6) is 0 Å². The van der Waals surface area contributed by atoms with Gasteiger partial charge >= 0.3 is 0 Å². The van der Waals surface area contributed by atoms with Crippen molar-refractivity contribution in [2.24, 2.45) is 5.92 Å². The molecule has 0 aliphatic carbocycles. The number of nitriles is 1. The number of anilines is 1. The SMILES string of the molecule is CCc1ccc(NC(=O)C(C#N)C(=O)CCc2c(C)noc2C)cc1. The predicted molar refractivity (Wildman–Crippen MR) is 92.9 cm³/mol. The van der Waals surface area contributed by atoms with Crippen molar-refractivity contribution in [3.8, 4) is 6.07 Å². The fourth-order valence-electron chi connectivity index (χ4n) is 2.57. The van der Waals surface area contributed by atoms with E-state index in [9.17, 15) is 14.9 Å². The van der Waals surface area contributed by atoms with Gasteiger partial charge in [-0.3, -0.25) is 9.59 Å². The molecule has 0 bridgehead atoms. The molecular formula is C19H21N3O3. The molecule has 25 heavy (non-hydrogen) atoms. The first kappa shape index (κ1) is 18.4. The molecule has 0 saturated heterocycles. The normalized spacial score (nSPS) is 11.6. The number of carbonyl (C=O) groups excluding carboxylic acids is 2. The van der Waals surface area contributed by atoms with Crippen molar-refractivity contribution >= 4 is 17.4 Å². The molecule has 0 saturated carbocycles. The Kier molecular flexibility index (Phi) is 6.07. The van der Waals surface area contributed by atoms with Crippen molar-refractivity contribution in [1.82, 2.24) is 5.16 Å². The summed E-state index contributed by atoms with van der Waals surface area (Å²) in [6, 6.07) is 9.13. The lowest BCUT2D eigenvalue weighted by atomic mass is 9.97. The lowest BCUT2D eigenvalue weighted by Crippen LogP contribution is -2.28. The van der Waals surface area contributed by atoms with Crippen molar-refractivity contribution in [3.05, 3.63) is 46.8 Å². The maximum absolute atomic E-state index is 12.3. The van der Waals surface area contributed by atoms with Crippen molar-refractivity contribution in [2.45, 2.75) is 40.0 Å². The number of hydrogen-bond acceptors (Lipinski definition) is 5. The van der Waals surface area contributed by atoms with Crippen molar-refractivity contribution in [3.63, 3.8) is 0 Å². The van der Waals surface area contributed by atoms with E-state index < -0.39 is 17.6 Å². The largest absolute Gasteiger partial charge is 0.361 e. The van der Waals surface area contributed by atoms with Gasteiger partial charge in [0.2, 0.25) is 5.91 Å². The monoisotopic (exact) mass is 339 g/mol. The third kappa shape index (κ3) is 4.54. The molecule has 1 aromatic heterocycles.